The molecule has 0 spiro atoms. The fourth-order valence-electron chi connectivity index (χ4n) is 1.92. The van der Waals surface area contributed by atoms with E-state index in [-0.39, 0.29) is 0 Å². The fourth-order valence-corrected chi connectivity index (χ4v) is 1.92. The quantitative estimate of drug-likeness (QED) is 0.699. The van der Waals surface area contributed by atoms with E-state index in [1.165, 1.54) is 0 Å². The molecule has 1 saturated heterocycles. The van der Waals surface area contributed by atoms with Crippen LogP contribution in [0.25, 0.3) is 0 Å². The van der Waals surface area contributed by atoms with Crippen molar-refractivity contribution >= 4 is 0 Å². The van der Waals surface area contributed by atoms with E-state index >= 15 is 0 Å². The van der Waals surface area contributed by atoms with Crippen LogP contribution in [0.15, 0.2) is 0 Å². The van der Waals surface area contributed by atoms with Gasteiger partial charge in [-0.05, 0) is 20.3 Å². The molecular formula is C12H26N2O2. The third kappa shape index (κ3) is 5.25. The zero-order chi connectivity index (χ0) is 11.8. The molecule has 1 rings (SSSR count). The van der Waals surface area contributed by atoms with Gasteiger partial charge in [-0.3, -0.25) is 4.90 Å². The number of nitrogens with zero attached hydrogens (tertiary/aromatic N) is 1. The monoisotopic (exact) mass is 230 g/mol. The van der Waals surface area contributed by atoms with Gasteiger partial charge in [-0.2, -0.15) is 0 Å². The summed E-state index contributed by atoms with van der Waals surface area (Å²) in [5.41, 5.74) is 0. The van der Waals surface area contributed by atoms with Crippen LogP contribution < -0.4 is 5.32 Å². The van der Waals surface area contributed by atoms with Crippen LogP contribution >= 0.6 is 0 Å². The van der Waals surface area contributed by atoms with E-state index in [2.05, 4.69) is 24.1 Å². The Morgan fingerprint density at radius 2 is 2.00 bits per heavy atom. The molecular weight excluding hydrogens is 204 g/mol. The zero-order valence-electron chi connectivity index (χ0n) is 10.9. The number of rotatable bonds is 7. The molecule has 16 heavy (non-hydrogen) atoms. The van der Waals surface area contributed by atoms with E-state index in [9.17, 15) is 0 Å². The summed E-state index contributed by atoms with van der Waals surface area (Å²) < 4.78 is 10.4. The van der Waals surface area contributed by atoms with Gasteiger partial charge in [-0.1, -0.05) is 0 Å². The summed E-state index contributed by atoms with van der Waals surface area (Å²) in [6, 6.07) is 1.12. The number of methoxy groups -OCH3 is 1. The molecule has 0 radical (unpaired) electrons. The van der Waals surface area contributed by atoms with Crippen molar-refractivity contribution in [3.63, 3.8) is 0 Å². The van der Waals surface area contributed by atoms with E-state index in [4.69, 9.17) is 9.47 Å². The minimum Gasteiger partial charge on any atom is -0.385 e. The molecule has 4 heteroatoms. The smallest absolute Gasteiger partial charge is 0.0594 e. The summed E-state index contributed by atoms with van der Waals surface area (Å²) in [7, 11) is 1.75. The molecule has 4 nitrogen and oxygen atoms in total. The predicted octanol–water partition coefficient (Wildman–Crippen LogP) is 0.722. The second kappa shape index (κ2) is 8.01. The lowest BCUT2D eigenvalue weighted by Gasteiger charge is -2.33. The molecule has 0 bridgehead atoms. The van der Waals surface area contributed by atoms with Gasteiger partial charge in [0.25, 0.3) is 0 Å². The van der Waals surface area contributed by atoms with Crippen molar-refractivity contribution in [1.29, 1.82) is 0 Å². The maximum absolute atomic E-state index is 5.35. The lowest BCUT2D eigenvalue weighted by molar-refractivity contribution is 0.0198. The number of nitrogens with one attached hydrogen (secondary N) is 1. The Kier molecular flexibility index (Phi) is 6.96. The SMILES string of the molecule is COCCC(C)NCC(C)N1CCOCC1. The van der Waals surface area contributed by atoms with E-state index in [0.29, 0.717) is 12.1 Å². The van der Waals surface area contributed by atoms with Crippen LogP contribution in [0.2, 0.25) is 0 Å². The first kappa shape index (κ1) is 13.9. The highest BCUT2D eigenvalue weighted by atomic mass is 16.5. The van der Waals surface area contributed by atoms with Gasteiger partial charge in [-0.25, -0.2) is 0 Å². The number of morpholine rings is 1. The topological polar surface area (TPSA) is 33.7 Å². The van der Waals surface area contributed by atoms with E-state index in [1.807, 2.05) is 0 Å². The first-order valence-corrected chi connectivity index (χ1v) is 6.28. The molecule has 0 aromatic heterocycles. The molecule has 1 fully saturated rings. The molecule has 2 unspecified atom stereocenters. The van der Waals surface area contributed by atoms with Crippen LogP contribution in [0.3, 0.4) is 0 Å². The predicted molar refractivity (Wildman–Crippen MR) is 65.8 cm³/mol. The van der Waals surface area contributed by atoms with Crippen LogP contribution in [0.1, 0.15) is 20.3 Å². The highest BCUT2D eigenvalue weighted by Gasteiger charge is 2.16. The molecule has 96 valence electrons. The van der Waals surface area contributed by atoms with Gasteiger partial charge >= 0.3 is 0 Å². The fraction of sp³-hybridized carbons (Fsp3) is 1.00. The number of ether oxygens (including phenoxy) is 2. The Balaban J connectivity index is 2.10. The lowest BCUT2D eigenvalue weighted by Crippen LogP contribution is -2.47. The first-order valence-electron chi connectivity index (χ1n) is 6.28. The maximum atomic E-state index is 5.35. The Morgan fingerprint density at radius 3 is 2.62 bits per heavy atom. The zero-order valence-corrected chi connectivity index (χ0v) is 10.9. The average molecular weight is 230 g/mol. The van der Waals surface area contributed by atoms with Crippen molar-refractivity contribution in [1.82, 2.24) is 10.2 Å². The number of hydrogen-bond acceptors (Lipinski definition) is 4. The van der Waals surface area contributed by atoms with Crippen molar-refractivity contribution in [2.75, 3.05) is 46.6 Å². The largest absolute Gasteiger partial charge is 0.385 e. The molecule has 0 aromatic carbocycles. The van der Waals surface area contributed by atoms with E-state index < -0.39 is 0 Å². The molecule has 2 atom stereocenters. The number of hydrogen-bond donors (Lipinski definition) is 1. The third-order valence-electron chi connectivity index (χ3n) is 3.19. The first-order chi connectivity index (χ1) is 7.74. The van der Waals surface area contributed by atoms with Crippen molar-refractivity contribution in [2.24, 2.45) is 0 Å². The molecule has 1 N–H and O–H groups in total. The maximum Gasteiger partial charge on any atom is 0.0594 e. The van der Waals surface area contributed by atoms with Gasteiger partial charge in [0.2, 0.25) is 0 Å². The summed E-state index contributed by atoms with van der Waals surface area (Å²) in [6.45, 7) is 10.3. The second-order valence-electron chi connectivity index (χ2n) is 4.59. The third-order valence-corrected chi connectivity index (χ3v) is 3.19. The van der Waals surface area contributed by atoms with Crippen molar-refractivity contribution in [2.45, 2.75) is 32.4 Å². The van der Waals surface area contributed by atoms with Crippen LogP contribution in [0.5, 0.6) is 0 Å². The Morgan fingerprint density at radius 1 is 1.31 bits per heavy atom. The molecule has 0 amide bonds. The summed E-state index contributed by atoms with van der Waals surface area (Å²) in [6.07, 6.45) is 1.08. The molecule has 1 aliphatic rings. The average Bonchev–Trinajstić information content (AvgIpc) is 2.34. The molecule has 0 aromatic rings. The summed E-state index contributed by atoms with van der Waals surface area (Å²) in [5, 5.41) is 3.55. The minimum atomic E-state index is 0.531. The van der Waals surface area contributed by atoms with Crippen molar-refractivity contribution < 1.29 is 9.47 Å². The minimum absolute atomic E-state index is 0.531. The lowest BCUT2D eigenvalue weighted by atomic mass is 10.2. The Hall–Kier alpha value is -0.160. The summed E-state index contributed by atoms with van der Waals surface area (Å²) in [4.78, 5) is 2.49. The van der Waals surface area contributed by atoms with Crippen molar-refractivity contribution in [3.05, 3.63) is 0 Å². The normalized spacial score (nSPS) is 21.9. The van der Waals surface area contributed by atoms with Crippen LogP contribution in [-0.4, -0.2) is 63.5 Å². The molecule has 0 saturated carbocycles. The van der Waals surface area contributed by atoms with Gasteiger partial charge in [0.1, 0.15) is 0 Å². The van der Waals surface area contributed by atoms with Gasteiger partial charge in [-0.15, -0.1) is 0 Å². The summed E-state index contributed by atoms with van der Waals surface area (Å²) >= 11 is 0. The molecule has 1 heterocycles. The molecule has 0 aliphatic carbocycles. The van der Waals surface area contributed by atoms with Gasteiger partial charge in [0, 0.05) is 45.4 Å². The standard InChI is InChI=1S/C12H26N2O2/c1-11(4-7-15-3)13-10-12(2)14-5-8-16-9-6-14/h11-13H,4-10H2,1-3H3. The highest BCUT2D eigenvalue weighted by Crippen LogP contribution is 2.03. The molecule has 1 aliphatic heterocycles. The van der Waals surface area contributed by atoms with Gasteiger partial charge in [0.05, 0.1) is 13.2 Å². The Bertz CT molecular complexity index is 172. The highest BCUT2D eigenvalue weighted by molar-refractivity contribution is 4.73. The van der Waals surface area contributed by atoms with Gasteiger partial charge in [0.15, 0.2) is 0 Å². The van der Waals surface area contributed by atoms with Crippen LogP contribution in [-0.2, 0) is 9.47 Å². The van der Waals surface area contributed by atoms with Gasteiger partial charge < -0.3 is 14.8 Å². The van der Waals surface area contributed by atoms with E-state index in [1.54, 1.807) is 7.11 Å². The van der Waals surface area contributed by atoms with Crippen LogP contribution in [0.4, 0.5) is 0 Å². The van der Waals surface area contributed by atoms with Crippen LogP contribution in [0, 0.1) is 0 Å². The van der Waals surface area contributed by atoms with Crippen molar-refractivity contribution in [3.8, 4) is 0 Å². The Labute approximate surface area is 99.3 Å². The summed E-state index contributed by atoms with van der Waals surface area (Å²) in [5.74, 6) is 0. The van der Waals surface area contributed by atoms with E-state index in [0.717, 1.165) is 45.9 Å². The second-order valence-corrected chi connectivity index (χ2v) is 4.59.